The largest absolute Gasteiger partial charge is 0.493 e. The summed E-state index contributed by atoms with van der Waals surface area (Å²) in [7, 11) is -0.371. The molecule has 0 saturated carbocycles. The Bertz CT molecular complexity index is 757. The highest BCUT2D eigenvalue weighted by molar-refractivity contribution is 6.82. The second-order valence-corrected chi connectivity index (χ2v) is 20.7. The average Bonchev–Trinajstić information content (AvgIpc) is 2.67. The molecule has 0 aliphatic heterocycles. The van der Waals surface area contributed by atoms with Crippen LogP contribution in [0.4, 0.5) is 0 Å². The van der Waals surface area contributed by atoms with Crippen molar-refractivity contribution in [3.05, 3.63) is 23.8 Å². The zero-order valence-electron chi connectivity index (χ0n) is 22.3. The van der Waals surface area contributed by atoms with E-state index in [2.05, 4.69) is 53.9 Å². The van der Waals surface area contributed by atoms with Gasteiger partial charge in [0.25, 0.3) is 0 Å². The fraction of sp³-hybridized carbons (Fsp3) is 0.720. The van der Waals surface area contributed by atoms with Crippen LogP contribution in [-0.4, -0.2) is 47.0 Å². The second kappa shape index (κ2) is 11.3. The molecule has 32 heavy (non-hydrogen) atoms. The Morgan fingerprint density at radius 1 is 0.969 bits per heavy atom. The quantitative estimate of drug-likeness (QED) is 0.181. The van der Waals surface area contributed by atoms with Crippen molar-refractivity contribution in [2.45, 2.75) is 103 Å². The summed E-state index contributed by atoms with van der Waals surface area (Å²) in [5.41, 5.74) is 1.19. The van der Waals surface area contributed by atoms with Crippen LogP contribution in [0, 0.1) is 0 Å². The zero-order chi connectivity index (χ0) is 24.8. The van der Waals surface area contributed by atoms with Gasteiger partial charge in [0, 0.05) is 18.8 Å². The molecule has 1 aromatic carbocycles. The number of methoxy groups -OCH3 is 2. The Labute approximate surface area is 198 Å². The van der Waals surface area contributed by atoms with Crippen molar-refractivity contribution in [2.24, 2.45) is 0 Å². The molecular weight excluding hydrogens is 436 g/mol. The molecule has 0 saturated heterocycles. The summed E-state index contributed by atoms with van der Waals surface area (Å²) in [6, 6.07) is 7.03. The smallest absolute Gasteiger partial charge is 0.311 e. The third kappa shape index (κ3) is 7.43. The van der Waals surface area contributed by atoms with E-state index in [4.69, 9.17) is 18.6 Å². The van der Waals surface area contributed by atoms with Crippen molar-refractivity contribution in [3.63, 3.8) is 0 Å². The van der Waals surface area contributed by atoms with Crippen LogP contribution < -0.4 is 9.47 Å². The summed E-state index contributed by atoms with van der Waals surface area (Å²) in [6.07, 6.45) is 3.21. The van der Waals surface area contributed by atoms with E-state index in [9.17, 15) is 4.79 Å². The summed E-state index contributed by atoms with van der Waals surface area (Å²) in [4.78, 5) is 11.8. The van der Waals surface area contributed by atoms with Gasteiger partial charge in [0.2, 0.25) is 8.32 Å². The Morgan fingerprint density at radius 2 is 1.59 bits per heavy atom. The maximum absolute atomic E-state index is 11.8. The predicted molar refractivity (Wildman–Crippen MR) is 138 cm³/mol. The summed E-state index contributed by atoms with van der Waals surface area (Å²) in [5, 5.41) is -0.388. The van der Waals surface area contributed by atoms with Crippen LogP contribution >= 0.6 is 0 Å². The van der Waals surface area contributed by atoms with Crippen molar-refractivity contribution in [1.29, 1.82) is 0 Å². The van der Waals surface area contributed by atoms with E-state index >= 15 is 0 Å². The van der Waals surface area contributed by atoms with Gasteiger partial charge in [-0.1, -0.05) is 38.5 Å². The molecule has 0 radical (unpaired) electrons. The van der Waals surface area contributed by atoms with Crippen molar-refractivity contribution in [3.8, 4) is 11.5 Å². The van der Waals surface area contributed by atoms with Crippen molar-refractivity contribution >= 4 is 22.4 Å². The maximum atomic E-state index is 11.8. The minimum Gasteiger partial charge on any atom is -0.493 e. The van der Waals surface area contributed by atoms with Gasteiger partial charge in [-0.25, -0.2) is 0 Å². The Balaban J connectivity index is 2.81. The van der Waals surface area contributed by atoms with Gasteiger partial charge in [-0.15, -0.1) is 0 Å². The first-order valence-electron chi connectivity index (χ1n) is 11.8. The topological polar surface area (TPSA) is 54.0 Å². The molecule has 0 spiro atoms. The summed E-state index contributed by atoms with van der Waals surface area (Å²) >= 11 is 0. The average molecular weight is 483 g/mol. The zero-order valence-corrected chi connectivity index (χ0v) is 24.3. The predicted octanol–water partition coefficient (Wildman–Crippen LogP) is 6.55. The van der Waals surface area contributed by atoms with Crippen molar-refractivity contribution in [2.75, 3.05) is 14.2 Å². The van der Waals surface area contributed by atoms with E-state index in [1.165, 1.54) is 5.56 Å². The third-order valence-electron chi connectivity index (χ3n) is 7.27. The molecule has 0 unspecified atom stereocenters. The van der Waals surface area contributed by atoms with Crippen LogP contribution in [0.25, 0.3) is 0 Å². The van der Waals surface area contributed by atoms with Crippen LogP contribution in [0.5, 0.6) is 11.5 Å². The van der Waals surface area contributed by atoms with Crippen LogP contribution in [0.3, 0.4) is 0 Å². The van der Waals surface area contributed by atoms with E-state index in [1.807, 2.05) is 25.1 Å². The minimum atomic E-state index is -2.06. The first kappa shape index (κ1) is 28.9. The lowest BCUT2D eigenvalue weighted by Gasteiger charge is -2.49. The number of benzene rings is 1. The lowest BCUT2D eigenvalue weighted by atomic mass is 10.1. The highest BCUT2D eigenvalue weighted by atomic mass is 28.4. The second-order valence-electron chi connectivity index (χ2n) is 10.8. The number of carbonyl (C=O) groups is 1. The van der Waals surface area contributed by atoms with Gasteiger partial charge in [-0.2, -0.15) is 0 Å². The fourth-order valence-corrected chi connectivity index (χ4v) is 9.06. The molecule has 0 aromatic heterocycles. The van der Waals surface area contributed by atoms with Gasteiger partial charge in [0.1, 0.15) is 0 Å². The van der Waals surface area contributed by atoms with Gasteiger partial charge < -0.3 is 18.6 Å². The molecule has 0 amide bonds. The number of hydrogen-bond acceptors (Lipinski definition) is 5. The maximum Gasteiger partial charge on any atom is 0.311 e. The van der Waals surface area contributed by atoms with Crippen molar-refractivity contribution in [1.82, 2.24) is 0 Å². The minimum absolute atomic E-state index is 0.145. The highest BCUT2D eigenvalue weighted by Crippen LogP contribution is 2.37. The Kier molecular flexibility index (Phi) is 10.2. The highest BCUT2D eigenvalue weighted by Gasteiger charge is 2.49. The molecule has 0 atom stereocenters. The Morgan fingerprint density at radius 3 is 2.12 bits per heavy atom. The molecule has 0 aliphatic carbocycles. The molecule has 0 heterocycles. The molecule has 1 rings (SSSR count). The van der Waals surface area contributed by atoms with Crippen LogP contribution in [0.2, 0.25) is 32.2 Å². The molecule has 184 valence electrons. The first-order chi connectivity index (χ1) is 14.6. The lowest BCUT2D eigenvalue weighted by Crippen LogP contribution is -2.63. The van der Waals surface area contributed by atoms with Crippen LogP contribution in [-0.2, 0) is 20.4 Å². The number of rotatable bonds is 13. The first-order valence-corrected chi connectivity index (χ1v) is 17.9. The fourth-order valence-electron chi connectivity index (χ4n) is 3.51. The molecule has 0 aliphatic rings. The third-order valence-corrected chi connectivity index (χ3v) is 16.6. The summed E-state index contributed by atoms with van der Waals surface area (Å²) in [5.74, 6) is 0.880. The number of esters is 1. The monoisotopic (exact) mass is 482 g/mol. The molecule has 0 bridgehead atoms. The number of aryl methyl sites for hydroxylation is 1. The SMILES string of the molecule is CCCC(=O)Oc1ccc(CCC[Si](C)(C)C(C)(C)O[Si](C)(C)C(C)(C)OC)cc1OC. The molecule has 1 aromatic rings. The molecule has 0 N–H and O–H groups in total. The van der Waals surface area contributed by atoms with Crippen molar-refractivity contribution < 1.29 is 23.4 Å². The standard InChI is InChI=1S/C25H46O5Si2/c1-12-14-23(26)29-21-17-16-20(19-22(21)27-6)15-13-18-31(8,9)25(4,5)30-32(10,11)24(2,3)28-7/h16-17,19H,12-15,18H2,1-11H3. The normalized spacial score (nSPS) is 13.2. The van der Waals surface area contributed by atoms with E-state index in [0.29, 0.717) is 17.9 Å². The van der Waals surface area contributed by atoms with E-state index < -0.39 is 16.4 Å². The van der Waals surface area contributed by atoms with E-state index in [1.54, 1.807) is 14.2 Å². The number of hydrogen-bond donors (Lipinski definition) is 0. The number of ether oxygens (including phenoxy) is 3. The van der Waals surface area contributed by atoms with E-state index in [0.717, 1.165) is 25.3 Å². The van der Waals surface area contributed by atoms with Gasteiger partial charge in [-0.3, -0.25) is 4.79 Å². The molecule has 0 fully saturated rings. The molecule has 5 nitrogen and oxygen atoms in total. The summed E-state index contributed by atoms with van der Waals surface area (Å²) in [6.45, 7) is 20.1. The number of carbonyl (C=O) groups excluding carboxylic acids is 1. The van der Waals surface area contributed by atoms with Gasteiger partial charge >= 0.3 is 5.97 Å². The van der Waals surface area contributed by atoms with E-state index in [-0.39, 0.29) is 16.4 Å². The van der Waals surface area contributed by atoms with Gasteiger partial charge in [0.05, 0.1) is 20.4 Å². The van der Waals surface area contributed by atoms with Crippen LogP contribution in [0.1, 0.15) is 59.4 Å². The van der Waals surface area contributed by atoms with Gasteiger partial charge in [0.15, 0.2) is 11.5 Å². The Hall–Kier alpha value is -1.16. The van der Waals surface area contributed by atoms with Crippen LogP contribution in [0.15, 0.2) is 18.2 Å². The lowest BCUT2D eigenvalue weighted by molar-refractivity contribution is -0.134. The molecular formula is C25H46O5Si2. The summed E-state index contributed by atoms with van der Waals surface area (Å²) < 4.78 is 23.5. The van der Waals surface area contributed by atoms with Gasteiger partial charge in [-0.05, 0) is 71.3 Å². The molecule has 7 heteroatoms.